The smallest absolute Gasteiger partial charge is 0.244 e. The van der Waals surface area contributed by atoms with Crippen LogP contribution in [0.2, 0.25) is 0 Å². The Kier molecular flexibility index (Phi) is 6.38. The van der Waals surface area contributed by atoms with E-state index in [1.165, 1.54) is 10.4 Å². The lowest BCUT2D eigenvalue weighted by molar-refractivity contribution is 0.252. The van der Waals surface area contributed by atoms with Gasteiger partial charge in [-0.1, -0.05) is 13.3 Å². The van der Waals surface area contributed by atoms with Crippen molar-refractivity contribution < 1.29 is 17.9 Å². The predicted molar refractivity (Wildman–Crippen MR) is 74.9 cm³/mol. The number of hydrogen-bond acceptors (Lipinski definition) is 3. The lowest BCUT2D eigenvalue weighted by Crippen LogP contribution is -2.34. The van der Waals surface area contributed by atoms with Gasteiger partial charge in [0.15, 0.2) is 0 Å². The van der Waals surface area contributed by atoms with Gasteiger partial charge < -0.3 is 5.11 Å². The maximum atomic E-state index is 13.0. The van der Waals surface area contributed by atoms with E-state index in [-0.39, 0.29) is 22.5 Å². The van der Waals surface area contributed by atoms with Crippen molar-refractivity contribution in [2.75, 3.05) is 19.7 Å². The third-order valence-electron chi connectivity index (χ3n) is 2.62. The van der Waals surface area contributed by atoms with E-state index in [0.29, 0.717) is 13.0 Å². The van der Waals surface area contributed by atoms with E-state index >= 15 is 0 Å². The average molecular weight is 354 g/mol. The summed E-state index contributed by atoms with van der Waals surface area (Å²) in [6.07, 6.45) is 1.56. The predicted octanol–water partition coefficient (Wildman–Crippen LogP) is 2.37. The molecule has 0 saturated carbocycles. The van der Waals surface area contributed by atoms with E-state index in [1.54, 1.807) is 0 Å². The van der Waals surface area contributed by atoms with Crippen LogP contribution in [0.1, 0.15) is 19.8 Å². The van der Waals surface area contributed by atoms with E-state index in [1.807, 2.05) is 6.92 Å². The minimum absolute atomic E-state index is 0.0125. The number of sulfonamides is 1. The Bertz CT molecular complexity index is 522. The fourth-order valence-corrected chi connectivity index (χ4v) is 4.10. The second-order valence-electron chi connectivity index (χ2n) is 4.06. The molecule has 0 radical (unpaired) electrons. The Morgan fingerprint density at radius 2 is 2.05 bits per heavy atom. The van der Waals surface area contributed by atoms with Crippen molar-refractivity contribution in [1.82, 2.24) is 4.31 Å². The molecule has 0 aromatic heterocycles. The molecule has 0 aliphatic heterocycles. The summed E-state index contributed by atoms with van der Waals surface area (Å²) in [6.45, 7) is 2.08. The van der Waals surface area contributed by atoms with Crippen LogP contribution >= 0.6 is 15.9 Å². The molecular formula is C12H17BrFNO3S. The van der Waals surface area contributed by atoms with Crippen LogP contribution in [-0.4, -0.2) is 37.5 Å². The summed E-state index contributed by atoms with van der Waals surface area (Å²) in [6, 6.07) is 3.45. The Hall–Kier alpha value is -0.500. The summed E-state index contributed by atoms with van der Waals surface area (Å²) in [5.74, 6) is -0.506. The summed E-state index contributed by atoms with van der Waals surface area (Å²) in [5.41, 5.74) is 0. The normalized spacial score (nSPS) is 12.1. The number of rotatable bonds is 7. The molecule has 0 unspecified atom stereocenters. The van der Waals surface area contributed by atoms with Gasteiger partial charge in [-0.2, -0.15) is 4.31 Å². The van der Waals surface area contributed by atoms with Crippen LogP contribution in [0.4, 0.5) is 4.39 Å². The second-order valence-corrected chi connectivity index (χ2v) is 6.82. The molecule has 0 aliphatic rings. The Morgan fingerprint density at radius 1 is 1.37 bits per heavy atom. The largest absolute Gasteiger partial charge is 0.395 e. The van der Waals surface area contributed by atoms with Gasteiger partial charge in [0, 0.05) is 17.6 Å². The summed E-state index contributed by atoms with van der Waals surface area (Å²) >= 11 is 3.06. The molecule has 0 aliphatic carbocycles. The zero-order valence-electron chi connectivity index (χ0n) is 10.6. The zero-order valence-corrected chi connectivity index (χ0v) is 13.0. The molecule has 0 heterocycles. The molecule has 1 rings (SSSR count). The first-order valence-corrected chi connectivity index (χ1v) is 8.22. The number of benzene rings is 1. The lowest BCUT2D eigenvalue weighted by atomic mass is 10.3. The summed E-state index contributed by atoms with van der Waals surface area (Å²) in [5, 5.41) is 8.98. The zero-order chi connectivity index (χ0) is 14.5. The number of hydrogen-bond donors (Lipinski definition) is 1. The van der Waals surface area contributed by atoms with Gasteiger partial charge in [-0.05, 0) is 40.5 Å². The molecule has 4 nitrogen and oxygen atoms in total. The Balaban J connectivity index is 3.11. The number of halogens is 2. The minimum atomic E-state index is -3.72. The van der Waals surface area contributed by atoms with Crippen molar-refractivity contribution in [1.29, 1.82) is 0 Å². The highest BCUT2D eigenvalue weighted by Gasteiger charge is 2.25. The van der Waals surface area contributed by atoms with Gasteiger partial charge in [-0.15, -0.1) is 0 Å². The number of aliphatic hydroxyl groups excluding tert-OH is 1. The molecule has 1 aromatic carbocycles. The Morgan fingerprint density at radius 3 is 2.58 bits per heavy atom. The van der Waals surface area contributed by atoms with Gasteiger partial charge in [0.05, 0.1) is 11.5 Å². The first-order chi connectivity index (χ1) is 8.93. The molecule has 7 heteroatoms. The van der Waals surface area contributed by atoms with Gasteiger partial charge in [0.1, 0.15) is 5.82 Å². The fourth-order valence-electron chi connectivity index (χ4n) is 1.62. The van der Waals surface area contributed by atoms with Crippen LogP contribution in [0, 0.1) is 5.82 Å². The van der Waals surface area contributed by atoms with Gasteiger partial charge in [0.25, 0.3) is 0 Å². The number of aliphatic hydroxyl groups is 1. The van der Waals surface area contributed by atoms with Crippen molar-refractivity contribution in [2.45, 2.75) is 24.7 Å². The summed E-state index contributed by atoms with van der Waals surface area (Å²) < 4.78 is 39.3. The second kappa shape index (κ2) is 7.33. The van der Waals surface area contributed by atoms with Crippen LogP contribution in [-0.2, 0) is 10.0 Å². The summed E-state index contributed by atoms with van der Waals surface area (Å²) in [4.78, 5) is 0.0125. The van der Waals surface area contributed by atoms with Crippen molar-refractivity contribution in [3.63, 3.8) is 0 Å². The molecule has 0 spiro atoms. The third-order valence-corrected chi connectivity index (χ3v) is 5.50. The quantitative estimate of drug-likeness (QED) is 0.818. The maximum absolute atomic E-state index is 13.0. The van der Waals surface area contributed by atoms with Gasteiger partial charge in [-0.25, -0.2) is 12.8 Å². The molecular weight excluding hydrogens is 337 g/mol. The van der Waals surface area contributed by atoms with Crippen LogP contribution in [0.15, 0.2) is 27.6 Å². The molecule has 0 bridgehead atoms. The maximum Gasteiger partial charge on any atom is 0.244 e. The van der Waals surface area contributed by atoms with Crippen LogP contribution in [0.25, 0.3) is 0 Å². The number of nitrogens with zero attached hydrogens (tertiary/aromatic N) is 1. The van der Waals surface area contributed by atoms with E-state index in [0.717, 1.165) is 18.6 Å². The van der Waals surface area contributed by atoms with Gasteiger partial charge in [-0.3, -0.25) is 0 Å². The van der Waals surface area contributed by atoms with Gasteiger partial charge >= 0.3 is 0 Å². The van der Waals surface area contributed by atoms with Crippen LogP contribution in [0.3, 0.4) is 0 Å². The van der Waals surface area contributed by atoms with Crippen molar-refractivity contribution in [3.8, 4) is 0 Å². The first kappa shape index (κ1) is 16.6. The van der Waals surface area contributed by atoms with Crippen molar-refractivity contribution >= 4 is 26.0 Å². The number of unbranched alkanes of at least 4 members (excludes halogenated alkanes) is 1. The highest BCUT2D eigenvalue weighted by molar-refractivity contribution is 9.10. The van der Waals surface area contributed by atoms with E-state index in [2.05, 4.69) is 15.9 Å². The van der Waals surface area contributed by atoms with E-state index < -0.39 is 15.8 Å². The molecule has 0 atom stereocenters. The standard InChI is InChI=1S/C12H17BrFNO3S/c1-2-3-6-15(7-8-16)19(17,18)12-5-4-10(14)9-11(12)13/h4-5,9,16H,2-3,6-8H2,1H3. The minimum Gasteiger partial charge on any atom is -0.395 e. The third kappa shape index (κ3) is 4.24. The van der Waals surface area contributed by atoms with E-state index in [9.17, 15) is 12.8 Å². The van der Waals surface area contributed by atoms with Crippen LogP contribution in [0.5, 0.6) is 0 Å². The fraction of sp³-hybridized carbons (Fsp3) is 0.500. The van der Waals surface area contributed by atoms with Gasteiger partial charge in [0.2, 0.25) is 10.0 Å². The van der Waals surface area contributed by atoms with Crippen LogP contribution < -0.4 is 0 Å². The SMILES string of the molecule is CCCCN(CCO)S(=O)(=O)c1ccc(F)cc1Br. The van der Waals surface area contributed by atoms with Crippen molar-refractivity contribution in [2.24, 2.45) is 0 Å². The first-order valence-electron chi connectivity index (χ1n) is 5.99. The molecule has 1 N–H and O–H groups in total. The molecule has 0 amide bonds. The molecule has 108 valence electrons. The molecule has 0 fully saturated rings. The molecule has 1 aromatic rings. The highest BCUT2D eigenvalue weighted by atomic mass is 79.9. The topological polar surface area (TPSA) is 57.6 Å². The average Bonchev–Trinajstić information content (AvgIpc) is 2.33. The molecule has 19 heavy (non-hydrogen) atoms. The van der Waals surface area contributed by atoms with E-state index in [4.69, 9.17) is 5.11 Å². The summed E-state index contributed by atoms with van der Waals surface area (Å²) in [7, 11) is -3.72. The Labute approximate surface area is 121 Å². The lowest BCUT2D eigenvalue weighted by Gasteiger charge is -2.21. The van der Waals surface area contributed by atoms with Crippen molar-refractivity contribution in [3.05, 3.63) is 28.5 Å². The highest BCUT2D eigenvalue weighted by Crippen LogP contribution is 2.26. The molecule has 0 saturated heterocycles. The monoisotopic (exact) mass is 353 g/mol.